The summed E-state index contributed by atoms with van der Waals surface area (Å²) in [5, 5.41) is 3.77. The molecule has 0 N–H and O–H groups in total. The third-order valence-corrected chi connectivity index (χ3v) is 6.39. The van der Waals surface area contributed by atoms with Crippen LogP contribution in [0.1, 0.15) is 37.1 Å². The van der Waals surface area contributed by atoms with Crippen LogP contribution in [0.4, 0.5) is 0 Å². The number of hydrogen-bond donors (Lipinski definition) is 0. The van der Waals surface area contributed by atoms with E-state index in [0.29, 0.717) is 24.6 Å². The van der Waals surface area contributed by atoms with Gasteiger partial charge in [0.1, 0.15) is 10.6 Å². The molecule has 1 saturated heterocycles. The molecule has 1 saturated carbocycles. The van der Waals surface area contributed by atoms with Gasteiger partial charge in [0.15, 0.2) is 5.76 Å². The normalized spacial score (nSPS) is 28.3. The summed E-state index contributed by atoms with van der Waals surface area (Å²) in [5.41, 5.74) is 0.432. The smallest absolute Gasteiger partial charge is 0.248 e. The molecule has 1 aliphatic heterocycles. The van der Waals surface area contributed by atoms with Gasteiger partial charge in [-0.25, -0.2) is 8.42 Å². The minimum Gasteiger partial charge on any atom is -0.375 e. The van der Waals surface area contributed by atoms with Gasteiger partial charge in [-0.05, 0) is 26.7 Å². The number of hydrogen-bond acceptors (Lipinski definition) is 5. The third-order valence-electron chi connectivity index (χ3n) is 4.22. The van der Waals surface area contributed by atoms with Gasteiger partial charge in [0.05, 0.1) is 18.8 Å². The maximum atomic E-state index is 12.9. The molecule has 1 aromatic heterocycles. The number of rotatable bonds is 2. The molecule has 1 aromatic rings. The zero-order valence-corrected chi connectivity index (χ0v) is 12.6. The molecule has 0 spiro atoms. The molecule has 0 amide bonds. The third kappa shape index (κ3) is 2.17. The van der Waals surface area contributed by atoms with Gasteiger partial charge in [0, 0.05) is 6.54 Å². The second kappa shape index (κ2) is 5.13. The number of aromatic nitrogens is 1. The molecular formula is C13H20N2O4S. The lowest BCUT2D eigenvalue weighted by atomic mass is 9.91. The SMILES string of the molecule is Cc1noc(C)c1S(=O)(=O)N1CCO[C@H]2CCCC[C@@H]21. The van der Waals surface area contributed by atoms with E-state index in [0.717, 1.165) is 25.7 Å². The summed E-state index contributed by atoms with van der Waals surface area (Å²) in [5.74, 6) is 0.362. The number of aryl methyl sites for hydroxylation is 2. The highest BCUT2D eigenvalue weighted by Gasteiger charge is 2.42. The van der Waals surface area contributed by atoms with Crippen molar-refractivity contribution in [2.24, 2.45) is 0 Å². The molecule has 20 heavy (non-hydrogen) atoms. The molecule has 0 radical (unpaired) electrons. The van der Waals surface area contributed by atoms with Crippen molar-refractivity contribution in [3.05, 3.63) is 11.5 Å². The molecule has 6 nitrogen and oxygen atoms in total. The van der Waals surface area contributed by atoms with Crippen LogP contribution < -0.4 is 0 Å². The van der Waals surface area contributed by atoms with Crippen LogP contribution in [0.2, 0.25) is 0 Å². The van der Waals surface area contributed by atoms with Gasteiger partial charge >= 0.3 is 0 Å². The van der Waals surface area contributed by atoms with Crippen molar-refractivity contribution >= 4 is 10.0 Å². The monoisotopic (exact) mass is 300 g/mol. The van der Waals surface area contributed by atoms with E-state index < -0.39 is 10.0 Å². The Bertz CT molecular complexity index is 574. The van der Waals surface area contributed by atoms with Crippen LogP contribution in [0.25, 0.3) is 0 Å². The highest BCUT2D eigenvalue weighted by Crippen LogP contribution is 2.33. The van der Waals surface area contributed by atoms with E-state index in [1.807, 2.05) is 0 Å². The summed E-state index contributed by atoms with van der Waals surface area (Å²) in [7, 11) is -3.55. The fourth-order valence-corrected chi connectivity index (χ4v) is 5.28. The van der Waals surface area contributed by atoms with Gasteiger partial charge in [-0.3, -0.25) is 0 Å². The molecule has 0 unspecified atom stereocenters. The Morgan fingerprint density at radius 2 is 2.00 bits per heavy atom. The second-order valence-electron chi connectivity index (χ2n) is 5.53. The lowest BCUT2D eigenvalue weighted by molar-refractivity contribution is -0.0586. The summed E-state index contributed by atoms with van der Waals surface area (Å²) in [4.78, 5) is 0.226. The Hall–Kier alpha value is -0.920. The van der Waals surface area contributed by atoms with Crippen molar-refractivity contribution in [3.63, 3.8) is 0 Å². The predicted octanol–water partition coefficient (Wildman–Crippen LogP) is 1.62. The lowest BCUT2D eigenvalue weighted by Gasteiger charge is -2.42. The van der Waals surface area contributed by atoms with E-state index in [9.17, 15) is 8.42 Å². The predicted molar refractivity (Wildman–Crippen MR) is 71.9 cm³/mol. The first kappa shape index (κ1) is 14.0. The first-order chi connectivity index (χ1) is 9.51. The number of morpholine rings is 1. The van der Waals surface area contributed by atoms with E-state index in [4.69, 9.17) is 9.26 Å². The summed E-state index contributed by atoms with van der Waals surface area (Å²) in [6.07, 6.45) is 4.01. The Labute approximate surface area is 119 Å². The van der Waals surface area contributed by atoms with Crippen molar-refractivity contribution in [1.82, 2.24) is 9.46 Å². The van der Waals surface area contributed by atoms with Crippen molar-refractivity contribution in [2.75, 3.05) is 13.2 Å². The molecule has 0 aromatic carbocycles. The lowest BCUT2D eigenvalue weighted by Crippen LogP contribution is -2.54. The molecule has 2 fully saturated rings. The van der Waals surface area contributed by atoms with Crippen molar-refractivity contribution in [2.45, 2.75) is 56.6 Å². The standard InChI is InChI=1S/C13H20N2O4S/c1-9-13(10(2)19-14-9)20(16,17)15-7-8-18-12-6-4-3-5-11(12)15/h11-12H,3-8H2,1-2H3/t11-,12-/m0/s1. The van der Waals surface area contributed by atoms with Gasteiger partial charge in [-0.15, -0.1) is 0 Å². The topological polar surface area (TPSA) is 72.6 Å². The molecule has 112 valence electrons. The van der Waals surface area contributed by atoms with E-state index in [2.05, 4.69) is 5.16 Å². The highest BCUT2D eigenvalue weighted by atomic mass is 32.2. The maximum absolute atomic E-state index is 12.9. The Morgan fingerprint density at radius 3 is 2.70 bits per heavy atom. The average Bonchev–Trinajstić information content (AvgIpc) is 2.78. The van der Waals surface area contributed by atoms with Crippen LogP contribution in [0.15, 0.2) is 9.42 Å². The number of sulfonamides is 1. The largest absolute Gasteiger partial charge is 0.375 e. The van der Waals surface area contributed by atoms with E-state index >= 15 is 0 Å². The summed E-state index contributed by atoms with van der Waals surface area (Å²) in [6, 6.07) is -0.0452. The van der Waals surface area contributed by atoms with Gasteiger partial charge in [-0.1, -0.05) is 18.0 Å². The zero-order valence-electron chi connectivity index (χ0n) is 11.8. The van der Waals surface area contributed by atoms with E-state index in [-0.39, 0.29) is 17.0 Å². The molecule has 0 bridgehead atoms. The minimum atomic E-state index is -3.55. The van der Waals surface area contributed by atoms with Crippen LogP contribution in [0, 0.1) is 13.8 Å². The summed E-state index contributed by atoms with van der Waals surface area (Å²) >= 11 is 0. The number of nitrogens with zero attached hydrogens (tertiary/aromatic N) is 2. The van der Waals surface area contributed by atoms with Crippen LogP contribution in [0.3, 0.4) is 0 Å². The Balaban J connectivity index is 1.98. The van der Waals surface area contributed by atoms with E-state index in [1.54, 1.807) is 18.2 Å². The number of fused-ring (bicyclic) bond motifs is 1. The Kier molecular flexibility index (Phi) is 3.60. The van der Waals surface area contributed by atoms with Gasteiger partial charge < -0.3 is 9.26 Å². The zero-order chi connectivity index (χ0) is 14.3. The maximum Gasteiger partial charge on any atom is 0.248 e. The fraction of sp³-hybridized carbons (Fsp3) is 0.769. The highest BCUT2D eigenvalue weighted by molar-refractivity contribution is 7.89. The molecule has 2 heterocycles. The summed E-state index contributed by atoms with van der Waals surface area (Å²) in [6.45, 7) is 4.19. The van der Waals surface area contributed by atoms with Crippen LogP contribution in [-0.4, -0.2) is 43.2 Å². The second-order valence-corrected chi connectivity index (χ2v) is 7.36. The number of ether oxygens (including phenoxy) is 1. The minimum absolute atomic E-state index is 0.0350. The first-order valence-electron chi connectivity index (χ1n) is 7.08. The van der Waals surface area contributed by atoms with Gasteiger partial charge in [-0.2, -0.15) is 4.31 Å². The molecule has 2 aliphatic rings. The fourth-order valence-electron chi connectivity index (χ4n) is 3.32. The van der Waals surface area contributed by atoms with Gasteiger partial charge in [0.25, 0.3) is 0 Å². The quantitative estimate of drug-likeness (QED) is 0.830. The van der Waals surface area contributed by atoms with Crippen LogP contribution >= 0.6 is 0 Å². The first-order valence-corrected chi connectivity index (χ1v) is 8.52. The van der Waals surface area contributed by atoms with Crippen molar-refractivity contribution in [3.8, 4) is 0 Å². The molecule has 2 atom stereocenters. The average molecular weight is 300 g/mol. The molecule has 1 aliphatic carbocycles. The van der Waals surface area contributed by atoms with Gasteiger partial charge in [0.2, 0.25) is 10.0 Å². The summed E-state index contributed by atoms with van der Waals surface area (Å²) < 4.78 is 38.2. The Morgan fingerprint density at radius 1 is 1.25 bits per heavy atom. The van der Waals surface area contributed by atoms with Crippen molar-refractivity contribution in [1.29, 1.82) is 0 Å². The molecule has 7 heteroatoms. The molecule has 3 rings (SSSR count). The van der Waals surface area contributed by atoms with E-state index in [1.165, 1.54) is 0 Å². The van der Waals surface area contributed by atoms with Crippen LogP contribution in [-0.2, 0) is 14.8 Å². The molecular weight excluding hydrogens is 280 g/mol. The van der Waals surface area contributed by atoms with Crippen LogP contribution in [0.5, 0.6) is 0 Å². The van der Waals surface area contributed by atoms with Crippen molar-refractivity contribution < 1.29 is 17.7 Å².